The maximum Gasteiger partial charge on any atom is 0.339 e. The lowest BCUT2D eigenvalue weighted by Crippen LogP contribution is -2.29. The molecule has 168 valence electrons. The number of carbonyl (C=O) groups is 2. The van der Waals surface area contributed by atoms with E-state index in [-0.39, 0.29) is 0 Å². The van der Waals surface area contributed by atoms with E-state index in [1.807, 2.05) is 26.8 Å². The van der Waals surface area contributed by atoms with E-state index >= 15 is 0 Å². The molecule has 1 atom stereocenters. The lowest BCUT2D eigenvalue weighted by Gasteiger charge is -2.28. The van der Waals surface area contributed by atoms with Crippen LogP contribution in [0, 0.1) is 6.92 Å². The van der Waals surface area contributed by atoms with E-state index in [4.69, 9.17) is 14.2 Å². The standard InChI is InChI=1S/C26H34O5/c1-8-9-11-18-16-19(15-14-17(18)2)22-20(12-10-13-21(22)24(27)29-6)23(25(28)30-7)31-26(3,4)5/h10,12-16,23H,8-9,11H2,1-7H3. The number of ether oxygens (including phenoxy) is 3. The van der Waals surface area contributed by atoms with Crippen LogP contribution in [0.3, 0.4) is 0 Å². The minimum Gasteiger partial charge on any atom is -0.467 e. The zero-order valence-corrected chi connectivity index (χ0v) is 19.7. The van der Waals surface area contributed by atoms with Crippen LogP contribution in [-0.2, 0) is 25.4 Å². The van der Waals surface area contributed by atoms with Crippen LogP contribution in [0.1, 0.15) is 73.7 Å². The third-order valence-corrected chi connectivity index (χ3v) is 5.11. The highest BCUT2D eigenvalue weighted by Crippen LogP contribution is 2.37. The molecule has 0 aliphatic carbocycles. The van der Waals surface area contributed by atoms with Crippen LogP contribution in [0.25, 0.3) is 11.1 Å². The molecule has 0 N–H and O–H groups in total. The molecule has 0 saturated carbocycles. The predicted molar refractivity (Wildman–Crippen MR) is 122 cm³/mol. The first kappa shape index (κ1) is 24.6. The first-order valence-electron chi connectivity index (χ1n) is 10.7. The second-order valence-electron chi connectivity index (χ2n) is 8.64. The van der Waals surface area contributed by atoms with Gasteiger partial charge in [-0.15, -0.1) is 0 Å². The molecule has 31 heavy (non-hydrogen) atoms. The summed E-state index contributed by atoms with van der Waals surface area (Å²) >= 11 is 0. The van der Waals surface area contributed by atoms with Crippen LogP contribution in [0.15, 0.2) is 36.4 Å². The van der Waals surface area contributed by atoms with Crippen molar-refractivity contribution in [2.75, 3.05) is 14.2 Å². The zero-order chi connectivity index (χ0) is 23.2. The Hall–Kier alpha value is -2.66. The molecule has 5 heteroatoms. The van der Waals surface area contributed by atoms with Gasteiger partial charge in [0.05, 0.1) is 25.4 Å². The number of aryl methyl sites for hydroxylation is 2. The number of benzene rings is 2. The van der Waals surface area contributed by atoms with E-state index in [1.165, 1.54) is 25.3 Å². The molecule has 2 aromatic carbocycles. The van der Waals surface area contributed by atoms with E-state index in [9.17, 15) is 9.59 Å². The Morgan fingerprint density at radius 3 is 2.32 bits per heavy atom. The van der Waals surface area contributed by atoms with Crippen LogP contribution in [0.5, 0.6) is 0 Å². The van der Waals surface area contributed by atoms with E-state index in [1.54, 1.807) is 18.2 Å². The lowest BCUT2D eigenvalue weighted by atomic mass is 9.88. The van der Waals surface area contributed by atoms with E-state index in [0.717, 1.165) is 24.8 Å². The number of methoxy groups -OCH3 is 2. The molecule has 0 aliphatic heterocycles. The van der Waals surface area contributed by atoms with Gasteiger partial charge in [0.2, 0.25) is 0 Å². The third kappa shape index (κ3) is 6.17. The minimum atomic E-state index is -0.981. The van der Waals surface area contributed by atoms with Crippen molar-refractivity contribution in [2.24, 2.45) is 0 Å². The molecular formula is C26H34O5. The van der Waals surface area contributed by atoms with Crippen molar-refractivity contribution in [3.05, 3.63) is 58.7 Å². The van der Waals surface area contributed by atoms with Crippen molar-refractivity contribution in [1.82, 2.24) is 0 Å². The average molecular weight is 427 g/mol. The molecule has 2 aromatic rings. The van der Waals surface area contributed by atoms with Crippen LogP contribution in [-0.4, -0.2) is 31.8 Å². The number of esters is 2. The summed E-state index contributed by atoms with van der Waals surface area (Å²) in [6.07, 6.45) is 2.14. The molecule has 0 bridgehead atoms. The monoisotopic (exact) mass is 426 g/mol. The van der Waals surface area contributed by atoms with Crippen molar-refractivity contribution < 1.29 is 23.8 Å². The largest absolute Gasteiger partial charge is 0.467 e. The smallest absolute Gasteiger partial charge is 0.339 e. The zero-order valence-electron chi connectivity index (χ0n) is 19.7. The van der Waals surface area contributed by atoms with Gasteiger partial charge in [0, 0.05) is 11.1 Å². The van der Waals surface area contributed by atoms with Gasteiger partial charge < -0.3 is 14.2 Å². The summed E-state index contributed by atoms with van der Waals surface area (Å²) in [6, 6.07) is 11.4. The SMILES string of the molecule is CCCCc1cc(-c2c(C(=O)OC)cccc2C(OC(C)(C)C)C(=O)OC)ccc1C. The fourth-order valence-corrected chi connectivity index (χ4v) is 3.55. The number of hydrogen-bond acceptors (Lipinski definition) is 5. The topological polar surface area (TPSA) is 61.8 Å². The summed E-state index contributed by atoms with van der Waals surface area (Å²) < 4.78 is 16.2. The Morgan fingerprint density at radius 2 is 1.74 bits per heavy atom. The maximum absolute atomic E-state index is 12.7. The van der Waals surface area contributed by atoms with Gasteiger partial charge in [-0.2, -0.15) is 0 Å². The first-order valence-corrected chi connectivity index (χ1v) is 10.7. The predicted octanol–water partition coefficient (Wildman–Crippen LogP) is 5.82. The summed E-state index contributed by atoms with van der Waals surface area (Å²) in [5.74, 6) is -0.983. The van der Waals surface area contributed by atoms with Crippen molar-refractivity contribution in [1.29, 1.82) is 0 Å². The van der Waals surface area contributed by atoms with Gasteiger partial charge in [-0.1, -0.05) is 43.7 Å². The Bertz CT molecular complexity index is 924. The van der Waals surface area contributed by atoms with Crippen molar-refractivity contribution >= 4 is 11.9 Å². The summed E-state index contributed by atoms with van der Waals surface area (Å²) in [6.45, 7) is 9.88. The summed E-state index contributed by atoms with van der Waals surface area (Å²) in [7, 11) is 2.68. The Morgan fingerprint density at radius 1 is 1.03 bits per heavy atom. The molecule has 2 rings (SSSR count). The molecule has 0 aromatic heterocycles. The Kier molecular flexibility index (Phi) is 8.40. The summed E-state index contributed by atoms with van der Waals surface area (Å²) in [5, 5.41) is 0. The van der Waals surface area contributed by atoms with E-state index in [2.05, 4.69) is 26.0 Å². The quantitative estimate of drug-likeness (QED) is 0.498. The highest BCUT2D eigenvalue weighted by molar-refractivity contribution is 5.99. The van der Waals surface area contributed by atoms with E-state index < -0.39 is 23.6 Å². The van der Waals surface area contributed by atoms with Gasteiger partial charge in [0.15, 0.2) is 6.10 Å². The van der Waals surface area contributed by atoms with Crippen molar-refractivity contribution in [3.63, 3.8) is 0 Å². The van der Waals surface area contributed by atoms with Gasteiger partial charge in [-0.05, 0) is 63.3 Å². The van der Waals surface area contributed by atoms with Crippen LogP contribution < -0.4 is 0 Å². The first-order chi connectivity index (χ1) is 14.6. The lowest BCUT2D eigenvalue weighted by molar-refractivity contribution is -0.164. The molecule has 0 amide bonds. The van der Waals surface area contributed by atoms with Crippen LogP contribution >= 0.6 is 0 Å². The number of rotatable bonds is 8. The second kappa shape index (κ2) is 10.6. The van der Waals surface area contributed by atoms with Gasteiger partial charge in [-0.25, -0.2) is 9.59 Å². The third-order valence-electron chi connectivity index (χ3n) is 5.11. The minimum absolute atomic E-state index is 0.386. The summed E-state index contributed by atoms with van der Waals surface area (Å²) in [5.41, 5.74) is 4.26. The van der Waals surface area contributed by atoms with Crippen molar-refractivity contribution in [3.8, 4) is 11.1 Å². The van der Waals surface area contributed by atoms with E-state index in [0.29, 0.717) is 16.7 Å². The van der Waals surface area contributed by atoms with Crippen LogP contribution in [0.2, 0.25) is 0 Å². The summed E-state index contributed by atoms with van der Waals surface area (Å²) in [4.78, 5) is 25.4. The molecule has 0 heterocycles. The molecule has 5 nitrogen and oxygen atoms in total. The molecule has 0 aliphatic rings. The van der Waals surface area contributed by atoms with Gasteiger partial charge in [0.25, 0.3) is 0 Å². The Labute approximate surface area is 185 Å². The molecule has 0 radical (unpaired) electrons. The highest BCUT2D eigenvalue weighted by Gasteiger charge is 2.32. The molecule has 0 saturated heterocycles. The fourth-order valence-electron chi connectivity index (χ4n) is 3.55. The maximum atomic E-state index is 12.7. The second-order valence-corrected chi connectivity index (χ2v) is 8.64. The van der Waals surface area contributed by atoms with Gasteiger partial charge >= 0.3 is 11.9 Å². The molecule has 1 unspecified atom stereocenters. The highest BCUT2D eigenvalue weighted by atomic mass is 16.6. The normalized spacial score (nSPS) is 12.4. The molecule has 0 spiro atoms. The van der Waals surface area contributed by atoms with Gasteiger partial charge in [0.1, 0.15) is 0 Å². The van der Waals surface area contributed by atoms with Gasteiger partial charge in [-0.3, -0.25) is 0 Å². The molecular weight excluding hydrogens is 392 g/mol. The van der Waals surface area contributed by atoms with Crippen LogP contribution in [0.4, 0.5) is 0 Å². The van der Waals surface area contributed by atoms with Crippen molar-refractivity contribution in [2.45, 2.75) is 65.6 Å². The number of hydrogen-bond donors (Lipinski definition) is 0. The molecule has 0 fully saturated rings. The number of carbonyl (C=O) groups excluding carboxylic acids is 2. The Balaban J connectivity index is 2.77. The number of unbranched alkanes of at least 4 members (excludes halogenated alkanes) is 1. The fraction of sp³-hybridized carbons (Fsp3) is 0.462. The average Bonchev–Trinajstić information content (AvgIpc) is 2.74.